The van der Waals surface area contributed by atoms with Crippen LogP contribution in [0.1, 0.15) is 133 Å². The monoisotopic (exact) mass is 1220 g/mol. The van der Waals surface area contributed by atoms with Crippen LogP contribution in [0.15, 0.2) is 0 Å². The Morgan fingerprint density at radius 1 is 0.506 bits per heavy atom. The van der Waals surface area contributed by atoms with Crippen molar-refractivity contribution in [3.63, 3.8) is 0 Å². The number of hydrogen-bond acceptors (Lipinski definition) is 25. The van der Waals surface area contributed by atoms with Crippen molar-refractivity contribution in [1.82, 2.24) is 0 Å². The van der Waals surface area contributed by atoms with Crippen LogP contribution in [0.25, 0.3) is 0 Å². The van der Waals surface area contributed by atoms with Crippen LogP contribution in [-0.4, -0.2) is 233 Å². The molecule has 4 saturated heterocycles. The maximum Gasteiger partial charge on any atom is 0.335 e. The van der Waals surface area contributed by atoms with E-state index in [0.717, 1.165) is 13.8 Å². The molecule has 0 aromatic rings. The molecule has 85 heavy (non-hydrogen) atoms. The fourth-order valence-electron chi connectivity index (χ4n) is 17.9. The topological polar surface area (TPSA) is 420 Å². The summed E-state index contributed by atoms with van der Waals surface area (Å²) in [5, 5.41) is 130. The van der Waals surface area contributed by atoms with Gasteiger partial charge in [0.25, 0.3) is 0 Å². The van der Waals surface area contributed by atoms with Gasteiger partial charge in [-0.25, -0.2) is 4.79 Å². The molecule has 9 rings (SSSR count). The minimum atomic E-state index is -2.03. The van der Waals surface area contributed by atoms with E-state index in [4.69, 9.17) is 47.4 Å². The second kappa shape index (κ2) is 23.8. The molecule has 0 radical (unpaired) electrons. The molecular formula is C58H90O27. The molecular weight excluding hydrogens is 1130 g/mol. The fourth-order valence-corrected chi connectivity index (χ4v) is 17.9. The smallest absolute Gasteiger partial charge is 0.335 e. The molecule has 0 spiro atoms. The first-order chi connectivity index (χ1) is 39.5. The first kappa shape index (κ1) is 66.1. The number of ether oxygens (including phenoxy) is 10. The molecule has 0 bridgehead atoms. The first-order valence-electron chi connectivity index (χ1n) is 29.9. The highest BCUT2D eigenvalue weighted by atomic mass is 16.8. The molecule has 31 unspecified atom stereocenters. The van der Waals surface area contributed by atoms with Crippen LogP contribution in [0.3, 0.4) is 0 Å². The standard InChI is InChI=1S/C58H90O27/c1-22-32(63)41(81-47-37(68)34(65)33(64)29(21-59)80-47)39(70)49(76-22)83-44-43(79-25(4)61)40(78-24(3)60)23(2)77-50(44)85-52(75)58-17-15-53(5,6)19-27(58)26-11-12-30-54(7)20-28(62)45(84-48-38(69)35(66)36(67)42(82-48)46(71)72)57(10,51(73)74)31(54)13-14-56(30,9)55(26,8)16-18-58/h22-23,26-45,47-50,59,62-70H,11-21H2,1-10H3,(H,71,72)(H,73,74). The first-order valence-corrected chi connectivity index (χ1v) is 29.9. The summed E-state index contributed by atoms with van der Waals surface area (Å²) in [4.78, 5) is 67.3. The number of aliphatic hydroxyl groups is 10. The Balaban J connectivity index is 1.00. The predicted octanol–water partition coefficient (Wildman–Crippen LogP) is -0.631. The van der Waals surface area contributed by atoms with Gasteiger partial charge in [-0.15, -0.1) is 0 Å². The highest BCUT2D eigenvalue weighted by Crippen LogP contribution is 2.77. The lowest BCUT2D eigenvalue weighted by Crippen LogP contribution is -2.71. The number of aliphatic carboxylic acids is 2. The van der Waals surface area contributed by atoms with Crippen LogP contribution in [0.5, 0.6) is 0 Å². The van der Waals surface area contributed by atoms with E-state index in [-0.39, 0.29) is 29.6 Å². The number of fused-ring (bicyclic) bond motifs is 7. The van der Waals surface area contributed by atoms with Crippen molar-refractivity contribution >= 4 is 29.8 Å². The SMILES string of the molecule is CC(=O)OC1C(C)OC(OC(=O)C23CCC(C)(C)CC2C2CCC4C5(C)CC(O)C(OC6OC(C(=O)O)C(O)C(O)C6O)C(C)(C(=O)O)C5CCC4(C)C2(C)CC3)C(OC2OC(C)C(O)C(OC3OC(CO)C(O)C(O)C3O)C2O)C1OC(C)=O. The van der Waals surface area contributed by atoms with Gasteiger partial charge in [0.2, 0.25) is 6.29 Å². The van der Waals surface area contributed by atoms with Gasteiger partial charge in [0, 0.05) is 13.8 Å². The molecule has 9 aliphatic rings. The molecule has 0 amide bonds. The lowest BCUT2D eigenvalue weighted by molar-refractivity contribution is -0.380. The van der Waals surface area contributed by atoms with Crippen molar-refractivity contribution in [2.75, 3.05) is 6.61 Å². The molecule has 4 heterocycles. The minimum absolute atomic E-state index is 0.0549. The van der Waals surface area contributed by atoms with Crippen molar-refractivity contribution in [3.05, 3.63) is 0 Å². The summed E-state index contributed by atoms with van der Waals surface area (Å²) in [6.07, 6.45) is -33.2. The van der Waals surface area contributed by atoms with Crippen molar-refractivity contribution in [2.24, 2.45) is 56.2 Å². The maximum atomic E-state index is 15.8. The molecule has 0 aromatic heterocycles. The highest BCUT2D eigenvalue weighted by Gasteiger charge is 2.74. The Hall–Kier alpha value is -3.33. The minimum Gasteiger partial charge on any atom is -0.481 e. The summed E-state index contributed by atoms with van der Waals surface area (Å²) in [5.74, 6) is -6.50. The average molecular weight is 1220 g/mol. The number of carboxylic acid groups (broad SMARTS) is 2. The number of rotatable bonds is 13. The van der Waals surface area contributed by atoms with Gasteiger partial charge >= 0.3 is 29.8 Å². The second-order valence-corrected chi connectivity index (χ2v) is 27.8. The summed E-state index contributed by atoms with van der Waals surface area (Å²) in [5.41, 5.74) is -5.08. The van der Waals surface area contributed by atoms with Gasteiger partial charge in [-0.05, 0) is 130 Å². The fraction of sp³-hybridized carbons (Fsp3) is 0.914. The normalized spacial score (nSPS) is 52.2. The largest absolute Gasteiger partial charge is 0.481 e. The molecule has 4 aliphatic heterocycles. The zero-order chi connectivity index (χ0) is 62.7. The summed E-state index contributed by atoms with van der Waals surface area (Å²) in [7, 11) is 0. The molecule has 5 saturated carbocycles. The van der Waals surface area contributed by atoms with Crippen LogP contribution < -0.4 is 0 Å². The summed E-state index contributed by atoms with van der Waals surface area (Å²) < 4.78 is 59.9. The number of esters is 3. The van der Waals surface area contributed by atoms with Gasteiger partial charge in [0.05, 0.1) is 35.7 Å². The van der Waals surface area contributed by atoms with Gasteiger partial charge < -0.3 is 109 Å². The van der Waals surface area contributed by atoms with E-state index >= 15 is 4.79 Å². The Kier molecular flexibility index (Phi) is 18.5. The third-order valence-electron chi connectivity index (χ3n) is 22.6. The second-order valence-electron chi connectivity index (χ2n) is 27.8. The Morgan fingerprint density at radius 3 is 1.69 bits per heavy atom. The Bertz CT molecular complexity index is 2480. The summed E-state index contributed by atoms with van der Waals surface area (Å²) >= 11 is 0. The van der Waals surface area contributed by atoms with E-state index in [0.29, 0.717) is 57.8 Å². The van der Waals surface area contributed by atoms with Crippen LogP contribution in [-0.2, 0) is 71.3 Å². The molecule has 9 fully saturated rings. The van der Waals surface area contributed by atoms with Gasteiger partial charge in [-0.1, -0.05) is 34.6 Å². The van der Waals surface area contributed by atoms with E-state index in [1.165, 1.54) is 20.8 Å². The van der Waals surface area contributed by atoms with Gasteiger partial charge in [0.1, 0.15) is 67.1 Å². The Labute approximate surface area is 492 Å². The van der Waals surface area contributed by atoms with Crippen LogP contribution in [0, 0.1) is 56.2 Å². The molecule has 0 aromatic carbocycles. The van der Waals surface area contributed by atoms with Gasteiger partial charge in [0.15, 0.2) is 43.3 Å². The molecule has 5 aliphatic carbocycles. The number of hydrogen-bond donors (Lipinski definition) is 12. The van der Waals surface area contributed by atoms with Crippen LogP contribution >= 0.6 is 0 Å². The van der Waals surface area contributed by atoms with E-state index in [2.05, 4.69) is 27.7 Å². The third kappa shape index (κ3) is 11.0. The number of carboxylic acids is 2. The zero-order valence-corrected chi connectivity index (χ0v) is 49.8. The predicted molar refractivity (Wildman–Crippen MR) is 283 cm³/mol. The number of aliphatic hydroxyl groups excluding tert-OH is 10. The summed E-state index contributed by atoms with van der Waals surface area (Å²) in [6, 6.07) is 0. The van der Waals surface area contributed by atoms with E-state index < -0.39 is 204 Å². The number of carbonyl (C=O) groups excluding carboxylic acids is 3. The highest BCUT2D eigenvalue weighted by molar-refractivity contribution is 5.78. The lowest BCUT2D eigenvalue weighted by Gasteiger charge is -2.73. The maximum absolute atomic E-state index is 15.8. The van der Waals surface area contributed by atoms with E-state index in [1.807, 2.05) is 6.92 Å². The zero-order valence-electron chi connectivity index (χ0n) is 49.8. The van der Waals surface area contributed by atoms with Crippen LogP contribution in [0.2, 0.25) is 0 Å². The quantitative estimate of drug-likeness (QED) is 0.0620. The molecule has 27 nitrogen and oxygen atoms in total. The van der Waals surface area contributed by atoms with E-state index in [9.17, 15) is 80.5 Å². The molecule has 27 heteroatoms. The van der Waals surface area contributed by atoms with Gasteiger partial charge in [-0.2, -0.15) is 0 Å². The van der Waals surface area contributed by atoms with Crippen molar-refractivity contribution < 1.29 is 133 Å². The Morgan fingerprint density at radius 2 is 1.08 bits per heavy atom. The third-order valence-corrected chi connectivity index (χ3v) is 22.6. The van der Waals surface area contributed by atoms with Crippen LogP contribution in [0.4, 0.5) is 0 Å². The lowest BCUT2D eigenvalue weighted by atomic mass is 9.31. The van der Waals surface area contributed by atoms with Gasteiger partial charge in [-0.3, -0.25) is 19.2 Å². The van der Waals surface area contributed by atoms with Crippen molar-refractivity contribution in [2.45, 2.75) is 268 Å². The molecule has 31 atom stereocenters. The molecule has 12 N–H and O–H groups in total. The summed E-state index contributed by atoms with van der Waals surface area (Å²) in [6.45, 7) is 16.6. The van der Waals surface area contributed by atoms with E-state index in [1.54, 1.807) is 0 Å². The van der Waals surface area contributed by atoms with Crippen molar-refractivity contribution in [1.29, 1.82) is 0 Å². The molecule has 484 valence electrons. The number of carbonyl (C=O) groups is 5. The average Bonchev–Trinajstić information content (AvgIpc) is 0.911. The van der Waals surface area contributed by atoms with Crippen molar-refractivity contribution in [3.8, 4) is 0 Å².